The van der Waals surface area contributed by atoms with Gasteiger partial charge in [0.2, 0.25) is 0 Å². The van der Waals surface area contributed by atoms with Gasteiger partial charge >= 0.3 is 0 Å². The summed E-state index contributed by atoms with van der Waals surface area (Å²) in [5, 5.41) is 18.5. The van der Waals surface area contributed by atoms with Crippen molar-refractivity contribution in [2.24, 2.45) is 5.73 Å². The maximum atomic E-state index is 9.58. The van der Waals surface area contributed by atoms with Crippen molar-refractivity contribution in [3.8, 4) is 5.75 Å². The molecule has 0 aromatic heterocycles. The summed E-state index contributed by atoms with van der Waals surface area (Å²) < 4.78 is 0. The zero-order valence-electron chi connectivity index (χ0n) is 7.91. The summed E-state index contributed by atoms with van der Waals surface area (Å²) in [5.41, 5.74) is 8.17. The first-order chi connectivity index (χ1) is 6.06. The molecule has 0 spiro atoms. The van der Waals surface area contributed by atoms with Crippen molar-refractivity contribution in [3.63, 3.8) is 0 Å². The van der Waals surface area contributed by atoms with E-state index in [0.717, 1.165) is 11.1 Å². The molecular weight excluding hydrogens is 166 g/mol. The van der Waals surface area contributed by atoms with Crippen molar-refractivity contribution in [3.05, 3.63) is 28.8 Å². The quantitative estimate of drug-likeness (QED) is 0.637. The van der Waals surface area contributed by atoms with E-state index in [1.807, 2.05) is 19.9 Å². The molecule has 1 aromatic rings. The lowest BCUT2D eigenvalue weighted by atomic mass is 9.99. The summed E-state index contributed by atoms with van der Waals surface area (Å²) in [6.45, 7) is 3.62. The van der Waals surface area contributed by atoms with Crippen molar-refractivity contribution in [1.29, 1.82) is 0 Å². The van der Waals surface area contributed by atoms with Crippen molar-refractivity contribution in [2.75, 3.05) is 6.61 Å². The lowest BCUT2D eigenvalue weighted by molar-refractivity contribution is 0.265. The first-order valence-corrected chi connectivity index (χ1v) is 4.22. The Morgan fingerprint density at radius 3 is 2.46 bits per heavy atom. The highest BCUT2D eigenvalue weighted by Gasteiger charge is 2.12. The Kier molecular flexibility index (Phi) is 2.90. The monoisotopic (exact) mass is 181 g/mol. The van der Waals surface area contributed by atoms with Crippen LogP contribution in [0.3, 0.4) is 0 Å². The molecular formula is C10H15NO2. The number of phenolic OH excluding ortho intramolecular Hbond substituents is 1. The number of hydrogen-bond donors (Lipinski definition) is 3. The Bertz CT molecular complexity index is 287. The maximum Gasteiger partial charge on any atom is 0.120 e. The van der Waals surface area contributed by atoms with Crippen LogP contribution in [-0.2, 0) is 0 Å². The zero-order valence-corrected chi connectivity index (χ0v) is 7.91. The normalized spacial score (nSPS) is 12.9. The second-order valence-electron chi connectivity index (χ2n) is 3.30. The molecule has 1 rings (SSSR count). The van der Waals surface area contributed by atoms with E-state index in [2.05, 4.69) is 0 Å². The van der Waals surface area contributed by atoms with E-state index in [9.17, 15) is 5.11 Å². The Morgan fingerprint density at radius 2 is 2.00 bits per heavy atom. The smallest absolute Gasteiger partial charge is 0.120 e. The van der Waals surface area contributed by atoms with Gasteiger partial charge in [-0.1, -0.05) is 6.07 Å². The molecule has 0 fully saturated rings. The van der Waals surface area contributed by atoms with Gasteiger partial charge in [-0.3, -0.25) is 0 Å². The first-order valence-electron chi connectivity index (χ1n) is 4.22. The molecule has 1 atom stereocenters. The van der Waals surface area contributed by atoms with Crippen LogP contribution in [0.25, 0.3) is 0 Å². The topological polar surface area (TPSA) is 66.5 Å². The summed E-state index contributed by atoms with van der Waals surface area (Å²) in [5.74, 6) is 0.166. The second kappa shape index (κ2) is 3.77. The van der Waals surface area contributed by atoms with Crippen LogP contribution in [0.1, 0.15) is 22.7 Å². The lowest BCUT2D eigenvalue weighted by Gasteiger charge is -2.14. The number of rotatable bonds is 2. The standard InChI is InChI=1S/C10H15NO2/c1-6-3-7(2)10(8(11)5-12)9(13)4-6/h3-4,8,12-13H,5,11H2,1-2H3/t8-/m1/s1. The average Bonchev–Trinajstić information content (AvgIpc) is 2.02. The highest BCUT2D eigenvalue weighted by atomic mass is 16.3. The molecule has 1 aromatic carbocycles. The van der Waals surface area contributed by atoms with Crippen molar-refractivity contribution in [1.82, 2.24) is 0 Å². The van der Waals surface area contributed by atoms with Crippen LogP contribution in [-0.4, -0.2) is 16.8 Å². The van der Waals surface area contributed by atoms with Gasteiger partial charge in [-0.05, 0) is 31.0 Å². The van der Waals surface area contributed by atoms with Gasteiger partial charge in [-0.25, -0.2) is 0 Å². The van der Waals surface area contributed by atoms with Gasteiger partial charge in [-0.2, -0.15) is 0 Å². The number of hydrogen-bond acceptors (Lipinski definition) is 3. The van der Waals surface area contributed by atoms with Gasteiger partial charge in [0.1, 0.15) is 5.75 Å². The molecule has 4 N–H and O–H groups in total. The van der Waals surface area contributed by atoms with Gasteiger partial charge in [0, 0.05) is 5.56 Å². The Morgan fingerprint density at radius 1 is 1.38 bits per heavy atom. The third kappa shape index (κ3) is 1.99. The fraction of sp³-hybridized carbons (Fsp3) is 0.400. The molecule has 3 heteroatoms. The van der Waals surface area contributed by atoms with Crippen LogP contribution in [0.5, 0.6) is 5.75 Å². The minimum atomic E-state index is -0.499. The number of nitrogens with two attached hydrogens (primary N) is 1. The van der Waals surface area contributed by atoms with Gasteiger partial charge in [0.25, 0.3) is 0 Å². The van der Waals surface area contributed by atoms with Crippen LogP contribution in [0.15, 0.2) is 12.1 Å². The van der Waals surface area contributed by atoms with E-state index in [1.165, 1.54) is 0 Å². The molecule has 0 aliphatic heterocycles. The number of benzene rings is 1. The predicted octanol–water partition coefficient (Wildman–Crippen LogP) is 1.00. The predicted molar refractivity (Wildman–Crippen MR) is 51.6 cm³/mol. The fourth-order valence-electron chi connectivity index (χ4n) is 1.53. The summed E-state index contributed by atoms with van der Waals surface area (Å²) in [7, 11) is 0. The van der Waals surface area contributed by atoms with Crippen molar-refractivity contribution < 1.29 is 10.2 Å². The third-order valence-electron chi connectivity index (χ3n) is 2.08. The molecule has 72 valence electrons. The van der Waals surface area contributed by atoms with E-state index in [1.54, 1.807) is 6.07 Å². The molecule has 0 aliphatic rings. The fourth-order valence-corrected chi connectivity index (χ4v) is 1.53. The highest BCUT2D eigenvalue weighted by Crippen LogP contribution is 2.27. The van der Waals surface area contributed by atoms with Crippen molar-refractivity contribution in [2.45, 2.75) is 19.9 Å². The molecule has 0 unspecified atom stereocenters. The molecule has 13 heavy (non-hydrogen) atoms. The molecule has 0 saturated carbocycles. The number of aromatic hydroxyl groups is 1. The number of aryl methyl sites for hydroxylation is 2. The SMILES string of the molecule is Cc1cc(C)c([C@H](N)CO)c(O)c1. The average molecular weight is 181 g/mol. The van der Waals surface area contributed by atoms with E-state index in [0.29, 0.717) is 5.56 Å². The van der Waals surface area contributed by atoms with Gasteiger partial charge in [-0.15, -0.1) is 0 Å². The van der Waals surface area contributed by atoms with Gasteiger partial charge in [0.05, 0.1) is 12.6 Å². The van der Waals surface area contributed by atoms with E-state index < -0.39 is 6.04 Å². The van der Waals surface area contributed by atoms with Crippen LogP contribution in [0, 0.1) is 13.8 Å². The summed E-state index contributed by atoms with van der Waals surface area (Å²) in [6, 6.07) is 3.09. The summed E-state index contributed by atoms with van der Waals surface area (Å²) in [4.78, 5) is 0. The summed E-state index contributed by atoms with van der Waals surface area (Å²) in [6.07, 6.45) is 0. The van der Waals surface area contributed by atoms with Crippen molar-refractivity contribution >= 4 is 0 Å². The third-order valence-corrected chi connectivity index (χ3v) is 2.08. The minimum absolute atomic E-state index is 0.155. The Hall–Kier alpha value is -1.06. The molecule has 0 amide bonds. The number of phenols is 1. The Labute approximate surface area is 77.8 Å². The van der Waals surface area contributed by atoms with Crippen LogP contribution in [0.2, 0.25) is 0 Å². The number of aliphatic hydroxyl groups excluding tert-OH is 1. The van der Waals surface area contributed by atoms with Gasteiger partial charge in [0.15, 0.2) is 0 Å². The molecule has 0 bridgehead atoms. The summed E-state index contributed by atoms with van der Waals surface area (Å²) >= 11 is 0. The molecule has 0 saturated heterocycles. The zero-order chi connectivity index (χ0) is 10.0. The Balaban J connectivity index is 3.20. The molecule has 0 heterocycles. The molecule has 0 aliphatic carbocycles. The van der Waals surface area contributed by atoms with Crippen LogP contribution < -0.4 is 5.73 Å². The van der Waals surface area contributed by atoms with E-state index in [4.69, 9.17) is 10.8 Å². The molecule has 3 nitrogen and oxygen atoms in total. The van der Waals surface area contributed by atoms with Crippen LogP contribution in [0.4, 0.5) is 0 Å². The minimum Gasteiger partial charge on any atom is -0.508 e. The number of aliphatic hydroxyl groups is 1. The highest BCUT2D eigenvalue weighted by molar-refractivity contribution is 5.43. The lowest BCUT2D eigenvalue weighted by Crippen LogP contribution is -2.16. The maximum absolute atomic E-state index is 9.58. The second-order valence-corrected chi connectivity index (χ2v) is 3.30. The first kappa shape index (κ1) is 10.0. The van der Waals surface area contributed by atoms with E-state index >= 15 is 0 Å². The van der Waals surface area contributed by atoms with Crippen LogP contribution >= 0.6 is 0 Å². The van der Waals surface area contributed by atoms with Gasteiger partial charge < -0.3 is 15.9 Å². The largest absolute Gasteiger partial charge is 0.508 e. The molecule has 0 radical (unpaired) electrons. The van der Waals surface area contributed by atoms with E-state index in [-0.39, 0.29) is 12.4 Å².